The molecule has 0 radical (unpaired) electrons. The molecule has 0 atom stereocenters. The van der Waals surface area contributed by atoms with Gasteiger partial charge in [-0.15, -0.1) is 0 Å². The fourth-order valence-corrected chi connectivity index (χ4v) is 0.125. The quantitative estimate of drug-likeness (QED) is 0.668. The fraction of sp³-hybridized carbons (Fsp3) is 0.800. The number of carbonyl (C=O) groups excluding carboxylic acids is 1. The van der Waals surface area contributed by atoms with E-state index in [9.17, 15) is 4.79 Å². The number of hydrogen-bond acceptors (Lipinski definition) is 2. The van der Waals surface area contributed by atoms with Crippen molar-refractivity contribution in [3.63, 3.8) is 0 Å². The predicted molar refractivity (Wildman–Crippen MR) is 26.5 cm³/mol. The van der Waals surface area contributed by atoms with E-state index in [2.05, 4.69) is 4.74 Å². The molecule has 48 valence electrons. The summed E-state index contributed by atoms with van der Waals surface area (Å²) in [6, 6.07) is 0. The first-order chi connectivity index (χ1) is 3.06. The Labute approximate surface area is 63.9 Å². The van der Waals surface area contributed by atoms with Crippen molar-refractivity contribution in [1.29, 1.82) is 0 Å². The molecule has 0 heterocycles. The smallest absolute Gasteiger partial charge is 0.0623 e. The third-order valence-electron chi connectivity index (χ3n) is 0.348. The topological polar surface area (TPSA) is 26.3 Å². The van der Waals surface area contributed by atoms with Crippen molar-refractivity contribution >= 4 is 6.47 Å². The molecule has 0 aliphatic rings. The van der Waals surface area contributed by atoms with Crippen molar-refractivity contribution in [1.82, 2.24) is 0 Å². The number of ether oxygens (including phenoxy) is 1. The molecule has 0 N–H and O–H groups in total. The molecular formula is C5H9O2W-. The van der Waals surface area contributed by atoms with Crippen molar-refractivity contribution in [3.8, 4) is 0 Å². The minimum Gasteiger partial charge on any atom is -0.649 e. The normalized spacial score (nSPS) is 9.38. The van der Waals surface area contributed by atoms with Crippen molar-refractivity contribution in [2.45, 2.75) is 26.4 Å². The zero-order valence-electron chi connectivity index (χ0n) is 5.22. The van der Waals surface area contributed by atoms with Gasteiger partial charge >= 0.3 is 0 Å². The van der Waals surface area contributed by atoms with Crippen molar-refractivity contribution in [2.75, 3.05) is 0 Å². The molecule has 0 saturated carbocycles. The summed E-state index contributed by atoms with van der Waals surface area (Å²) in [5.74, 6) is 0. The van der Waals surface area contributed by atoms with Crippen LogP contribution in [0.25, 0.3) is 0 Å². The average Bonchev–Trinajstić information content (AvgIpc) is 1.30. The predicted octanol–water partition coefficient (Wildman–Crippen LogP) is 0.866. The SMILES string of the molecule is CC(C)(C)O[C-]=O.[W]. The van der Waals surface area contributed by atoms with E-state index in [1.54, 1.807) is 20.8 Å². The summed E-state index contributed by atoms with van der Waals surface area (Å²) in [5, 5.41) is 0. The van der Waals surface area contributed by atoms with Gasteiger partial charge in [0.2, 0.25) is 0 Å². The molecule has 8 heavy (non-hydrogen) atoms. The largest absolute Gasteiger partial charge is 0.649 e. The van der Waals surface area contributed by atoms with Gasteiger partial charge in [0.05, 0.1) is 5.60 Å². The first kappa shape index (κ1) is 11.0. The number of rotatable bonds is 1. The van der Waals surface area contributed by atoms with Gasteiger partial charge < -0.3 is 9.53 Å². The van der Waals surface area contributed by atoms with Crippen molar-refractivity contribution in [2.24, 2.45) is 0 Å². The van der Waals surface area contributed by atoms with Gasteiger partial charge in [0.1, 0.15) is 0 Å². The minimum atomic E-state index is -0.373. The summed E-state index contributed by atoms with van der Waals surface area (Å²) >= 11 is 0. The molecule has 0 aromatic heterocycles. The molecule has 0 aromatic rings. The van der Waals surface area contributed by atoms with Gasteiger partial charge in [-0.3, -0.25) is 0 Å². The van der Waals surface area contributed by atoms with Crippen LogP contribution in [0.4, 0.5) is 0 Å². The summed E-state index contributed by atoms with van der Waals surface area (Å²) in [5.41, 5.74) is -0.373. The summed E-state index contributed by atoms with van der Waals surface area (Å²) in [4.78, 5) is 9.47. The third kappa shape index (κ3) is 9.48. The molecule has 3 heteroatoms. The molecule has 0 fully saturated rings. The number of hydrogen-bond donors (Lipinski definition) is 0. The summed E-state index contributed by atoms with van der Waals surface area (Å²) < 4.78 is 4.42. The maximum atomic E-state index is 9.47. The van der Waals surface area contributed by atoms with E-state index in [4.69, 9.17) is 0 Å². The fourth-order valence-electron chi connectivity index (χ4n) is 0.125. The Morgan fingerprint density at radius 1 is 1.38 bits per heavy atom. The second-order valence-electron chi connectivity index (χ2n) is 2.30. The van der Waals surface area contributed by atoms with Gasteiger partial charge in [0, 0.05) is 21.1 Å². The van der Waals surface area contributed by atoms with Crippen LogP contribution in [0.2, 0.25) is 0 Å². The van der Waals surface area contributed by atoms with Gasteiger partial charge in [-0.25, -0.2) is 0 Å². The molecule has 0 amide bonds. The van der Waals surface area contributed by atoms with Gasteiger partial charge in [-0.2, -0.15) is 0 Å². The molecule has 0 rings (SSSR count). The Hall–Kier alpha value is 0.158. The van der Waals surface area contributed by atoms with E-state index >= 15 is 0 Å². The Bertz CT molecular complexity index is 65.3. The molecule has 0 unspecified atom stereocenters. The van der Waals surface area contributed by atoms with Crippen LogP contribution in [0, 0.1) is 0 Å². The maximum Gasteiger partial charge on any atom is 0.0623 e. The van der Waals surface area contributed by atoms with E-state index in [0.29, 0.717) is 0 Å². The van der Waals surface area contributed by atoms with Crippen LogP contribution in [-0.4, -0.2) is 12.1 Å². The first-order valence-corrected chi connectivity index (χ1v) is 2.11. The van der Waals surface area contributed by atoms with E-state index in [-0.39, 0.29) is 26.7 Å². The van der Waals surface area contributed by atoms with Crippen LogP contribution in [0.5, 0.6) is 0 Å². The summed E-state index contributed by atoms with van der Waals surface area (Å²) in [6.07, 6.45) is 0. The molecule has 0 aliphatic heterocycles. The van der Waals surface area contributed by atoms with Gasteiger partial charge in [0.25, 0.3) is 0 Å². The maximum absolute atomic E-state index is 9.47. The standard InChI is InChI=1S/C5H9O2.W/c1-5(2,3)7-4-6;/h1-3H3;/q-1;. The zero-order chi connectivity index (χ0) is 5.91. The monoisotopic (exact) mass is 285 g/mol. The van der Waals surface area contributed by atoms with E-state index in [0.717, 1.165) is 0 Å². The van der Waals surface area contributed by atoms with E-state index < -0.39 is 0 Å². The van der Waals surface area contributed by atoms with Crippen LogP contribution in [-0.2, 0) is 30.6 Å². The molecule has 0 aromatic carbocycles. The summed E-state index contributed by atoms with van der Waals surface area (Å²) in [7, 11) is 0. The van der Waals surface area contributed by atoms with Crippen LogP contribution in [0.1, 0.15) is 20.8 Å². The Morgan fingerprint density at radius 3 is 1.75 bits per heavy atom. The molecule has 0 spiro atoms. The van der Waals surface area contributed by atoms with Crippen LogP contribution in [0.15, 0.2) is 0 Å². The van der Waals surface area contributed by atoms with Crippen molar-refractivity contribution in [3.05, 3.63) is 0 Å². The summed E-state index contributed by atoms with van der Waals surface area (Å²) in [6.45, 7) is 6.73. The van der Waals surface area contributed by atoms with Gasteiger partial charge in [0.15, 0.2) is 0 Å². The molecule has 0 aliphatic carbocycles. The van der Waals surface area contributed by atoms with E-state index in [1.807, 2.05) is 0 Å². The Kier molecular flexibility index (Phi) is 5.62. The van der Waals surface area contributed by atoms with Gasteiger partial charge in [-0.1, -0.05) is 6.47 Å². The molecular weight excluding hydrogens is 276 g/mol. The van der Waals surface area contributed by atoms with Crippen LogP contribution >= 0.6 is 0 Å². The molecule has 0 bridgehead atoms. The minimum absolute atomic E-state index is 0. The van der Waals surface area contributed by atoms with Crippen LogP contribution in [0.3, 0.4) is 0 Å². The third-order valence-corrected chi connectivity index (χ3v) is 0.348. The average molecular weight is 285 g/mol. The Balaban J connectivity index is 0. The second-order valence-corrected chi connectivity index (χ2v) is 2.30. The van der Waals surface area contributed by atoms with Crippen molar-refractivity contribution < 1.29 is 30.6 Å². The molecule has 0 saturated heterocycles. The second kappa shape index (κ2) is 4.08. The van der Waals surface area contributed by atoms with Crippen LogP contribution < -0.4 is 0 Å². The molecule has 2 nitrogen and oxygen atoms in total. The van der Waals surface area contributed by atoms with Gasteiger partial charge in [-0.05, 0) is 20.8 Å². The first-order valence-electron chi connectivity index (χ1n) is 2.11. The Morgan fingerprint density at radius 2 is 1.75 bits per heavy atom. The van der Waals surface area contributed by atoms with E-state index in [1.165, 1.54) is 6.47 Å². The zero-order valence-corrected chi connectivity index (χ0v) is 8.16.